The minimum atomic E-state index is -0.922. The predicted octanol–water partition coefficient (Wildman–Crippen LogP) is 0.198. The number of hydrazine groups is 1. The summed E-state index contributed by atoms with van der Waals surface area (Å²) in [5.74, 6) is -1.82. The third-order valence-electron chi connectivity index (χ3n) is 1.78. The highest BCUT2D eigenvalue weighted by Gasteiger charge is 2.20. The Balaban J connectivity index is 4.45. The number of carboxylic acid groups (broad SMARTS) is 1. The van der Waals surface area contributed by atoms with Crippen LogP contribution < -0.4 is 0 Å². The minimum absolute atomic E-state index is 0.146. The molecule has 0 aromatic heterocycles. The predicted molar refractivity (Wildman–Crippen MR) is 52.4 cm³/mol. The number of hydrogen-bond donors (Lipinski definition) is 1. The van der Waals surface area contributed by atoms with E-state index in [1.165, 1.54) is 5.01 Å². The lowest BCUT2D eigenvalue weighted by Crippen LogP contribution is -2.44. The highest BCUT2D eigenvalue weighted by Crippen LogP contribution is 2.02. The van der Waals surface area contributed by atoms with Crippen molar-refractivity contribution in [3.63, 3.8) is 0 Å². The van der Waals surface area contributed by atoms with E-state index in [1.807, 2.05) is 0 Å². The van der Waals surface area contributed by atoms with Gasteiger partial charge in [-0.05, 0) is 6.08 Å². The lowest BCUT2D eigenvalue weighted by atomic mass is 10.2. The summed E-state index contributed by atoms with van der Waals surface area (Å²) < 4.78 is 0. The maximum absolute atomic E-state index is 11.3. The van der Waals surface area contributed by atoms with E-state index in [4.69, 9.17) is 5.11 Å². The van der Waals surface area contributed by atoms with Crippen molar-refractivity contribution in [2.24, 2.45) is 5.92 Å². The Morgan fingerprint density at radius 2 is 2.00 bits per heavy atom. The van der Waals surface area contributed by atoms with Crippen LogP contribution in [0.2, 0.25) is 0 Å². The van der Waals surface area contributed by atoms with E-state index in [-0.39, 0.29) is 12.5 Å². The average molecular weight is 200 g/mol. The first-order chi connectivity index (χ1) is 6.40. The van der Waals surface area contributed by atoms with Gasteiger partial charge in [0.25, 0.3) is 5.91 Å². The maximum atomic E-state index is 11.3. The largest absolute Gasteiger partial charge is 0.481 e. The molecule has 1 amide bonds. The second-order valence-corrected chi connectivity index (χ2v) is 3.21. The summed E-state index contributed by atoms with van der Waals surface area (Å²) in [4.78, 5) is 21.9. The lowest BCUT2D eigenvalue weighted by molar-refractivity contribution is -0.147. The summed E-state index contributed by atoms with van der Waals surface area (Å²) in [5, 5.41) is 11.6. The van der Waals surface area contributed by atoms with Gasteiger partial charge in [-0.25, -0.2) is 5.01 Å². The Morgan fingerprint density at radius 3 is 2.29 bits per heavy atom. The Hall–Kier alpha value is -1.36. The molecular weight excluding hydrogens is 184 g/mol. The summed E-state index contributed by atoms with van der Waals surface area (Å²) in [6.45, 7) is 5.05. The van der Waals surface area contributed by atoms with Gasteiger partial charge in [0.1, 0.15) is 0 Å². The van der Waals surface area contributed by atoms with Crippen LogP contribution in [0.25, 0.3) is 0 Å². The molecule has 0 aliphatic carbocycles. The first-order valence-corrected chi connectivity index (χ1v) is 4.24. The summed E-state index contributed by atoms with van der Waals surface area (Å²) in [6, 6.07) is 0. The van der Waals surface area contributed by atoms with E-state index < -0.39 is 11.9 Å². The molecule has 0 fully saturated rings. The van der Waals surface area contributed by atoms with Gasteiger partial charge >= 0.3 is 5.97 Å². The van der Waals surface area contributed by atoms with Crippen molar-refractivity contribution >= 4 is 11.9 Å². The second-order valence-electron chi connectivity index (χ2n) is 3.21. The minimum Gasteiger partial charge on any atom is -0.481 e. The number of carbonyl (C=O) groups is 2. The molecular formula is C9H16N2O3. The Labute approximate surface area is 83.6 Å². The zero-order valence-electron chi connectivity index (χ0n) is 8.73. The van der Waals surface area contributed by atoms with Gasteiger partial charge in [0.15, 0.2) is 0 Å². The molecule has 0 spiro atoms. The number of carbonyl (C=O) groups excluding carboxylic acids is 1. The molecule has 14 heavy (non-hydrogen) atoms. The fourth-order valence-corrected chi connectivity index (χ4v) is 0.893. The van der Waals surface area contributed by atoms with Crippen molar-refractivity contribution in [2.75, 3.05) is 20.6 Å². The molecule has 0 saturated heterocycles. The van der Waals surface area contributed by atoms with E-state index in [0.717, 1.165) is 6.08 Å². The summed E-state index contributed by atoms with van der Waals surface area (Å²) >= 11 is 0. The molecule has 0 aliphatic rings. The van der Waals surface area contributed by atoms with Crippen molar-refractivity contribution in [3.05, 3.63) is 12.7 Å². The van der Waals surface area contributed by atoms with Crippen LogP contribution in [0.5, 0.6) is 0 Å². The molecule has 0 radical (unpaired) electrons. The average Bonchev–Trinajstić information content (AvgIpc) is 2.11. The molecule has 0 aliphatic heterocycles. The van der Waals surface area contributed by atoms with Gasteiger partial charge in [-0.1, -0.05) is 13.5 Å². The van der Waals surface area contributed by atoms with E-state index >= 15 is 0 Å². The van der Waals surface area contributed by atoms with Gasteiger partial charge in [0.05, 0.1) is 12.5 Å². The number of carboxylic acids is 1. The van der Waals surface area contributed by atoms with Crippen molar-refractivity contribution in [2.45, 2.75) is 6.92 Å². The van der Waals surface area contributed by atoms with E-state index in [9.17, 15) is 9.59 Å². The molecule has 0 rings (SSSR count). The van der Waals surface area contributed by atoms with Crippen LogP contribution in [0, 0.1) is 5.92 Å². The van der Waals surface area contributed by atoms with Crippen LogP contribution in [0.3, 0.4) is 0 Å². The Morgan fingerprint density at radius 1 is 1.50 bits per heavy atom. The molecule has 0 aromatic rings. The van der Waals surface area contributed by atoms with E-state index in [1.54, 1.807) is 26.0 Å². The van der Waals surface area contributed by atoms with Crippen LogP contribution in [0.4, 0.5) is 0 Å². The van der Waals surface area contributed by atoms with Gasteiger partial charge in [0, 0.05) is 14.1 Å². The van der Waals surface area contributed by atoms with Crippen molar-refractivity contribution in [1.29, 1.82) is 0 Å². The third-order valence-corrected chi connectivity index (χ3v) is 1.78. The van der Waals surface area contributed by atoms with Crippen molar-refractivity contribution in [1.82, 2.24) is 10.0 Å². The maximum Gasteiger partial charge on any atom is 0.308 e. The molecule has 80 valence electrons. The summed E-state index contributed by atoms with van der Waals surface area (Å²) in [7, 11) is 3.35. The highest BCUT2D eigenvalue weighted by molar-refractivity contribution is 5.87. The number of aliphatic carboxylic acids is 1. The molecule has 0 saturated carbocycles. The zero-order valence-corrected chi connectivity index (χ0v) is 8.73. The van der Waals surface area contributed by atoms with Gasteiger partial charge in [-0.3, -0.25) is 14.6 Å². The molecule has 5 nitrogen and oxygen atoms in total. The van der Waals surface area contributed by atoms with Crippen LogP contribution in [0.1, 0.15) is 6.92 Å². The Bertz CT molecular complexity index is 238. The fourth-order valence-electron chi connectivity index (χ4n) is 0.893. The third kappa shape index (κ3) is 3.57. The molecule has 1 atom stereocenters. The molecule has 1 unspecified atom stereocenters. The SMILES string of the molecule is C=CC(=O)N(CC(C)C(=O)O)N(C)C. The van der Waals surface area contributed by atoms with Gasteiger partial charge < -0.3 is 5.11 Å². The number of amides is 1. The molecule has 1 N–H and O–H groups in total. The smallest absolute Gasteiger partial charge is 0.308 e. The number of rotatable bonds is 5. The topological polar surface area (TPSA) is 60.9 Å². The number of hydrogen-bond acceptors (Lipinski definition) is 3. The molecule has 0 bridgehead atoms. The van der Waals surface area contributed by atoms with Crippen LogP contribution >= 0.6 is 0 Å². The van der Waals surface area contributed by atoms with Crippen LogP contribution in [-0.4, -0.2) is 47.6 Å². The normalized spacial score (nSPS) is 12.3. The van der Waals surface area contributed by atoms with Gasteiger partial charge in [-0.2, -0.15) is 0 Å². The highest BCUT2D eigenvalue weighted by atomic mass is 16.4. The summed E-state index contributed by atoms with van der Waals surface area (Å²) in [6.07, 6.45) is 1.16. The summed E-state index contributed by atoms with van der Waals surface area (Å²) in [5.41, 5.74) is 0. The second kappa shape index (κ2) is 5.39. The quantitative estimate of drug-likeness (QED) is 0.508. The standard InChI is InChI=1S/C9H16N2O3/c1-5-8(12)11(10(3)4)6-7(2)9(13)14/h5,7H,1,6H2,2-4H3,(H,13,14). The first kappa shape index (κ1) is 12.6. The van der Waals surface area contributed by atoms with E-state index in [0.29, 0.717) is 0 Å². The van der Waals surface area contributed by atoms with Crippen LogP contribution in [-0.2, 0) is 9.59 Å². The Kier molecular flexibility index (Phi) is 4.86. The van der Waals surface area contributed by atoms with Gasteiger partial charge in [0.2, 0.25) is 0 Å². The number of nitrogens with zero attached hydrogens (tertiary/aromatic N) is 2. The van der Waals surface area contributed by atoms with Crippen molar-refractivity contribution in [3.8, 4) is 0 Å². The monoisotopic (exact) mass is 200 g/mol. The van der Waals surface area contributed by atoms with Crippen LogP contribution in [0.15, 0.2) is 12.7 Å². The van der Waals surface area contributed by atoms with Gasteiger partial charge in [-0.15, -0.1) is 0 Å². The van der Waals surface area contributed by atoms with E-state index in [2.05, 4.69) is 6.58 Å². The molecule has 5 heteroatoms. The molecule has 0 heterocycles. The lowest BCUT2D eigenvalue weighted by Gasteiger charge is -2.29. The zero-order chi connectivity index (χ0) is 11.3. The molecule has 0 aromatic carbocycles. The fraction of sp³-hybridized carbons (Fsp3) is 0.556. The van der Waals surface area contributed by atoms with Crippen molar-refractivity contribution < 1.29 is 14.7 Å². The first-order valence-electron chi connectivity index (χ1n) is 4.24.